The molecule has 5 heteroatoms. The molecule has 1 amide bonds. The number of likely N-dealkylation sites (tertiary alicyclic amines) is 1. The van der Waals surface area contributed by atoms with E-state index in [0.717, 1.165) is 31.8 Å². The fraction of sp³-hybridized carbons (Fsp3) is 0.905. The molecule has 150 valence electrons. The second-order valence-corrected chi connectivity index (χ2v) is 8.73. The molecule has 2 aliphatic heterocycles. The van der Waals surface area contributed by atoms with E-state index in [1.807, 2.05) is 18.7 Å². The first-order valence-electron chi connectivity index (χ1n) is 10.6. The standard InChI is InChI=1S/C21H39N3O2/c1-17(2)20(25)6-5-7-21(26)24-10-8-19(9-11-24)16-22-12-14-23(15-13-22)18(3)4/h17-19H,5-16H2,1-4H3. The topological polar surface area (TPSA) is 43.9 Å². The van der Waals surface area contributed by atoms with Gasteiger partial charge in [-0.1, -0.05) is 13.8 Å². The van der Waals surface area contributed by atoms with Gasteiger partial charge in [0.1, 0.15) is 5.78 Å². The molecule has 0 aromatic carbocycles. The van der Waals surface area contributed by atoms with Crippen molar-refractivity contribution in [2.75, 3.05) is 45.8 Å². The van der Waals surface area contributed by atoms with Crippen LogP contribution in [-0.2, 0) is 9.59 Å². The average molecular weight is 366 g/mol. The van der Waals surface area contributed by atoms with Gasteiger partial charge in [-0.25, -0.2) is 0 Å². The van der Waals surface area contributed by atoms with E-state index in [-0.39, 0.29) is 17.6 Å². The van der Waals surface area contributed by atoms with Crippen LogP contribution in [0.3, 0.4) is 0 Å². The first kappa shape index (κ1) is 21.4. The lowest BCUT2D eigenvalue weighted by Gasteiger charge is -2.40. The van der Waals surface area contributed by atoms with Crippen LogP contribution in [0.4, 0.5) is 0 Å². The zero-order valence-corrected chi connectivity index (χ0v) is 17.4. The Kier molecular flexibility index (Phi) is 8.55. The zero-order valence-electron chi connectivity index (χ0n) is 17.4. The molecule has 0 atom stereocenters. The van der Waals surface area contributed by atoms with E-state index in [0.29, 0.717) is 25.3 Å². The number of hydrogen-bond acceptors (Lipinski definition) is 4. The number of Topliss-reactive ketones (excluding diaryl/α,β-unsaturated/α-hetero) is 1. The van der Waals surface area contributed by atoms with E-state index in [2.05, 4.69) is 23.6 Å². The number of ketones is 1. The number of carbonyl (C=O) groups is 2. The summed E-state index contributed by atoms with van der Waals surface area (Å²) in [7, 11) is 0. The summed E-state index contributed by atoms with van der Waals surface area (Å²) in [6.07, 6.45) is 4.03. The van der Waals surface area contributed by atoms with Crippen LogP contribution in [-0.4, -0.2) is 78.2 Å². The minimum atomic E-state index is 0.0863. The van der Waals surface area contributed by atoms with Crippen LogP contribution in [0.5, 0.6) is 0 Å². The summed E-state index contributed by atoms with van der Waals surface area (Å²) in [6.45, 7) is 16.1. The van der Waals surface area contributed by atoms with Crippen molar-refractivity contribution in [3.63, 3.8) is 0 Å². The summed E-state index contributed by atoms with van der Waals surface area (Å²) >= 11 is 0. The van der Waals surface area contributed by atoms with Gasteiger partial charge in [0.25, 0.3) is 0 Å². The summed E-state index contributed by atoms with van der Waals surface area (Å²) in [4.78, 5) is 31.2. The van der Waals surface area contributed by atoms with Crippen LogP contribution in [0, 0.1) is 11.8 Å². The van der Waals surface area contributed by atoms with Crippen LogP contribution in [0.25, 0.3) is 0 Å². The van der Waals surface area contributed by atoms with Gasteiger partial charge in [0.2, 0.25) is 5.91 Å². The van der Waals surface area contributed by atoms with Crippen LogP contribution < -0.4 is 0 Å². The molecule has 2 aliphatic rings. The molecule has 2 fully saturated rings. The molecule has 0 aliphatic carbocycles. The van der Waals surface area contributed by atoms with Gasteiger partial charge in [0.15, 0.2) is 0 Å². The largest absolute Gasteiger partial charge is 0.343 e. The minimum absolute atomic E-state index is 0.0863. The third kappa shape index (κ3) is 6.66. The number of piperazine rings is 1. The van der Waals surface area contributed by atoms with Crippen LogP contribution >= 0.6 is 0 Å². The van der Waals surface area contributed by atoms with Gasteiger partial charge in [0.05, 0.1) is 0 Å². The van der Waals surface area contributed by atoms with Gasteiger partial charge in [-0.05, 0) is 39.0 Å². The molecule has 0 radical (unpaired) electrons. The van der Waals surface area contributed by atoms with Crippen molar-refractivity contribution in [3.8, 4) is 0 Å². The van der Waals surface area contributed by atoms with Crippen LogP contribution in [0.15, 0.2) is 0 Å². The minimum Gasteiger partial charge on any atom is -0.343 e. The van der Waals surface area contributed by atoms with Gasteiger partial charge in [-0.3, -0.25) is 14.5 Å². The molecule has 2 saturated heterocycles. The smallest absolute Gasteiger partial charge is 0.222 e. The first-order chi connectivity index (χ1) is 12.4. The van der Waals surface area contributed by atoms with Crippen LogP contribution in [0.1, 0.15) is 59.8 Å². The Morgan fingerprint density at radius 1 is 0.885 bits per heavy atom. The molecule has 0 spiro atoms. The van der Waals surface area contributed by atoms with Gasteiger partial charge >= 0.3 is 0 Å². The Labute approximate surface area is 160 Å². The summed E-state index contributed by atoms with van der Waals surface area (Å²) < 4.78 is 0. The lowest BCUT2D eigenvalue weighted by molar-refractivity contribution is -0.132. The van der Waals surface area contributed by atoms with E-state index < -0.39 is 0 Å². The van der Waals surface area contributed by atoms with Gasteiger partial charge in [-0.2, -0.15) is 0 Å². The lowest BCUT2D eigenvalue weighted by Crippen LogP contribution is -2.50. The number of amides is 1. The molecule has 0 aromatic heterocycles. The number of rotatable bonds is 8. The SMILES string of the molecule is CC(C)C(=O)CCCC(=O)N1CCC(CN2CCN(C(C)C)CC2)CC1. The zero-order chi connectivity index (χ0) is 19.1. The predicted octanol–water partition coefficient (Wildman–Crippen LogP) is 2.65. The van der Waals surface area contributed by atoms with Crippen LogP contribution in [0.2, 0.25) is 0 Å². The van der Waals surface area contributed by atoms with Gasteiger partial charge in [0, 0.05) is 70.6 Å². The average Bonchev–Trinajstić information content (AvgIpc) is 2.62. The Hall–Kier alpha value is -0.940. The molecule has 0 saturated carbocycles. The Bertz CT molecular complexity index is 448. The quantitative estimate of drug-likeness (QED) is 0.663. The van der Waals surface area contributed by atoms with E-state index in [1.54, 1.807) is 0 Å². The van der Waals surface area contributed by atoms with Crippen molar-refractivity contribution < 1.29 is 9.59 Å². The molecule has 0 unspecified atom stereocenters. The third-order valence-corrected chi connectivity index (χ3v) is 6.08. The van der Waals surface area contributed by atoms with Crippen molar-refractivity contribution in [2.45, 2.75) is 65.8 Å². The van der Waals surface area contributed by atoms with Crippen molar-refractivity contribution in [1.29, 1.82) is 0 Å². The first-order valence-corrected chi connectivity index (χ1v) is 10.6. The fourth-order valence-electron chi connectivity index (χ4n) is 4.05. The molecular weight excluding hydrogens is 326 g/mol. The molecule has 0 N–H and O–H groups in total. The van der Waals surface area contributed by atoms with E-state index in [1.165, 1.54) is 32.7 Å². The summed E-state index contributed by atoms with van der Waals surface area (Å²) in [5, 5.41) is 0. The third-order valence-electron chi connectivity index (χ3n) is 6.08. The van der Waals surface area contributed by atoms with Crippen molar-refractivity contribution in [3.05, 3.63) is 0 Å². The van der Waals surface area contributed by atoms with Gasteiger partial charge < -0.3 is 9.80 Å². The Morgan fingerprint density at radius 3 is 2.04 bits per heavy atom. The van der Waals surface area contributed by atoms with E-state index in [9.17, 15) is 9.59 Å². The molecule has 2 heterocycles. The van der Waals surface area contributed by atoms with E-state index >= 15 is 0 Å². The van der Waals surface area contributed by atoms with Crippen molar-refractivity contribution in [1.82, 2.24) is 14.7 Å². The highest BCUT2D eigenvalue weighted by molar-refractivity contribution is 5.81. The maximum absolute atomic E-state index is 12.3. The van der Waals surface area contributed by atoms with Gasteiger partial charge in [-0.15, -0.1) is 0 Å². The van der Waals surface area contributed by atoms with Crippen molar-refractivity contribution in [2.24, 2.45) is 11.8 Å². The number of carbonyl (C=O) groups excluding carboxylic acids is 2. The molecule has 5 nitrogen and oxygen atoms in total. The second-order valence-electron chi connectivity index (χ2n) is 8.73. The molecule has 0 aromatic rings. The molecule has 2 rings (SSSR count). The highest BCUT2D eigenvalue weighted by Crippen LogP contribution is 2.20. The number of nitrogens with zero attached hydrogens (tertiary/aromatic N) is 3. The van der Waals surface area contributed by atoms with Crippen molar-refractivity contribution >= 4 is 11.7 Å². The molecular formula is C21H39N3O2. The maximum Gasteiger partial charge on any atom is 0.222 e. The monoisotopic (exact) mass is 365 g/mol. The highest BCUT2D eigenvalue weighted by Gasteiger charge is 2.26. The maximum atomic E-state index is 12.3. The highest BCUT2D eigenvalue weighted by atomic mass is 16.2. The molecule has 26 heavy (non-hydrogen) atoms. The number of hydrogen-bond donors (Lipinski definition) is 0. The summed E-state index contributed by atoms with van der Waals surface area (Å²) in [5.74, 6) is 1.33. The second kappa shape index (κ2) is 10.4. The summed E-state index contributed by atoms with van der Waals surface area (Å²) in [6, 6.07) is 0.655. The lowest BCUT2D eigenvalue weighted by atomic mass is 9.95. The fourth-order valence-corrected chi connectivity index (χ4v) is 4.05. The number of piperidine rings is 1. The predicted molar refractivity (Wildman–Crippen MR) is 106 cm³/mol. The normalized spacial score (nSPS) is 20.9. The molecule has 0 bridgehead atoms. The Morgan fingerprint density at radius 2 is 1.50 bits per heavy atom. The summed E-state index contributed by atoms with van der Waals surface area (Å²) in [5.41, 5.74) is 0. The Balaban J connectivity index is 1.61. The van der Waals surface area contributed by atoms with E-state index in [4.69, 9.17) is 0 Å².